The van der Waals surface area contributed by atoms with Gasteiger partial charge in [0.25, 0.3) is 0 Å². The van der Waals surface area contributed by atoms with E-state index in [0.29, 0.717) is 19.6 Å². The maximum absolute atomic E-state index is 11.4. The van der Waals surface area contributed by atoms with Gasteiger partial charge in [-0.05, 0) is 20.8 Å². The number of aliphatic hydroxyl groups excluding tert-OH is 2. The number of rotatable bonds is 3. The van der Waals surface area contributed by atoms with Gasteiger partial charge in [0.15, 0.2) is 0 Å². The fourth-order valence-corrected chi connectivity index (χ4v) is 1.67. The largest absolute Gasteiger partial charge is 0.460 e. The van der Waals surface area contributed by atoms with Crippen molar-refractivity contribution in [3.8, 4) is 0 Å². The van der Waals surface area contributed by atoms with Gasteiger partial charge >= 0.3 is 5.97 Å². The van der Waals surface area contributed by atoms with Gasteiger partial charge in [0.2, 0.25) is 0 Å². The van der Waals surface area contributed by atoms with E-state index in [1.165, 1.54) is 0 Å². The Labute approximate surface area is 96.0 Å². The van der Waals surface area contributed by atoms with Crippen LogP contribution in [0.2, 0.25) is 0 Å². The van der Waals surface area contributed by atoms with Crippen molar-refractivity contribution in [2.24, 2.45) is 0 Å². The Hall–Kier alpha value is -0.650. The molecule has 0 aliphatic carbocycles. The number of esters is 1. The quantitative estimate of drug-likeness (QED) is 0.656. The number of likely N-dealkylation sites (tertiary alicyclic amines) is 1. The molecule has 1 heterocycles. The first-order valence-corrected chi connectivity index (χ1v) is 5.58. The molecule has 0 aromatic heterocycles. The standard InChI is InChI=1S/C11H21NO4/c1-11(2,3)16-10(15)4-5-12-6-8(13)9(14)7-12/h8-9,13-14H,4-7H2,1-3H3. The van der Waals surface area contributed by atoms with Crippen LogP contribution in [0.25, 0.3) is 0 Å². The van der Waals surface area contributed by atoms with Crippen LogP contribution in [-0.4, -0.2) is 58.5 Å². The molecule has 1 aliphatic heterocycles. The van der Waals surface area contributed by atoms with Crippen LogP contribution in [0.4, 0.5) is 0 Å². The molecular weight excluding hydrogens is 210 g/mol. The van der Waals surface area contributed by atoms with Crippen molar-refractivity contribution in [3.63, 3.8) is 0 Å². The zero-order valence-corrected chi connectivity index (χ0v) is 10.1. The maximum atomic E-state index is 11.4. The lowest BCUT2D eigenvalue weighted by molar-refractivity contribution is -0.155. The Bertz CT molecular complexity index is 239. The van der Waals surface area contributed by atoms with E-state index in [-0.39, 0.29) is 12.4 Å². The van der Waals surface area contributed by atoms with Crippen LogP contribution in [0.15, 0.2) is 0 Å². The summed E-state index contributed by atoms with van der Waals surface area (Å²) >= 11 is 0. The number of carbonyl (C=O) groups excluding carboxylic acids is 1. The summed E-state index contributed by atoms with van der Waals surface area (Å²) in [6, 6.07) is 0. The Kier molecular flexibility index (Phi) is 4.29. The third-order valence-electron chi connectivity index (χ3n) is 2.39. The molecule has 0 aromatic carbocycles. The topological polar surface area (TPSA) is 70.0 Å². The number of hydrogen-bond donors (Lipinski definition) is 2. The van der Waals surface area contributed by atoms with Gasteiger partial charge in [-0.1, -0.05) is 0 Å². The molecule has 5 heteroatoms. The average Bonchev–Trinajstić information content (AvgIpc) is 2.40. The molecule has 2 unspecified atom stereocenters. The van der Waals surface area contributed by atoms with E-state index in [0.717, 1.165) is 0 Å². The van der Waals surface area contributed by atoms with Gasteiger partial charge in [-0.15, -0.1) is 0 Å². The fourth-order valence-electron chi connectivity index (χ4n) is 1.67. The molecule has 1 rings (SSSR count). The van der Waals surface area contributed by atoms with Crippen molar-refractivity contribution in [2.75, 3.05) is 19.6 Å². The van der Waals surface area contributed by atoms with E-state index in [4.69, 9.17) is 4.74 Å². The summed E-state index contributed by atoms with van der Waals surface area (Å²) in [5.74, 6) is -0.247. The molecule has 0 aromatic rings. The zero-order valence-electron chi connectivity index (χ0n) is 10.1. The lowest BCUT2D eigenvalue weighted by atomic mass is 10.2. The monoisotopic (exact) mass is 231 g/mol. The Balaban J connectivity index is 2.23. The smallest absolute Gasteiger partial charge is 0.307 e. The number of ether oxygens (including phenoxy) is 1. The molecule has 1 saturated heterocycles. The van der Waals surface area contributed by atoms with Gasteiger partial charge in [0.1, 0.15) is 5.60 Å². The summed E-state index contributed by atoms with van der Waals surface area (Å²) in [5.41, 5.74) is -0.457. The summed E-state index contributed by atoms with van der Waals surface area (Å²) < 4.78 is 5.16. The lowest BCUT2D eigenvalue weighted by Crippen LogP contribution is -2.29. The second-order valence-corrected chi connectivity index (χ2v) is 5.23. The molecule has 2 N–H and O–H groups in total. The maximum Gasteiger partial charge on any atom is 0.307 e. The van der Waals surface area contributed by atoms with Gasteiger partial charge < -0.3 is 14.9 Å². The molecule has 5 nitrogen and oxygen atoms in total. The summed E-state index contributed by atoms with van der Waals surface area (Å²) in [5, 5.41) is 18.6. The van der Waals surface area contributed by atoms with E-state index < -0.39 is 17.8 Å². The molecule has 2 atom stereocenters. The molecule has 0 radical (unpaired) electrons. The first kappa shape index (κ1) is 13.4. The first-order valence-electron chi connectivity index (χ1n) is 5.58. The average molecular weight is 231 g/mol. The molecule has 0 spiro atoms. The highest BCUT2D eigenvalue weighted by Gasteiger charge is 2.29. The molecule has 1 aliphatic rings. The van der Waals surface area contributed by atoms with E-state index >= 15 is 0 Å². The van der Waals surface area contributed by atoms with Crippen molar-refractivity contribution in [2.45, 2.75) is 45.0 Å². The van der Waals surface area contributed by atoms with Crippen molar-refractivity contribution < 1.29 is 19.7 Å². The number of aliphatic hydroxyl groups is 2. The molecule has 0 saturated carbocycles. The van der Waals surface area contributed by atoms with Crippen molar-refractivity contribution in [3.05, 3.63) is 0 Å². The first-order chi connectivity index (χ1) is 7.28. The van der Waals surface area contributed by atoms with Crippen LogP contribution in [0.3, 0.4) is 0 Å². The van der Waals surface area contributed by atoms with E-state index in [1.54, 1.807) is 0 Å². The highest BCUT2D eigenvalue weighted by Crippen LogP contribution is 2.12. The Morgan fingerprint density at radius 2 is 1.81 bits per heavy atom. The fraction of sp³-hybridized carbons (Fsp3) is 0.909. The third-order valence-corrected chi connectivity index (χ3v) is 2.39. The predicted octanol–water partition coefficient (Wildman–Crippen LogP) is -0.244. The van der Waals surface area contributed by atoms with Gasteiger partial charge in [0, 0.05) is 19.6 Å². The van der Waals surface area contributed by atoms with Gasteiger partial charge in [0.05, 0.1) is 18.6 Å². The molecule has 0 bridgehead atoms. The third kappa shape index (κ3) is 4.47. The van der Waals surface area contributed by atoms with Gasteiger partial charge in [-0.3, -0.25) is 9.69 Å². The molecule has 0 amide bonds. The van der Waals surface area contributed by atoms with Crippen LogP contribution < -0.4 is 0 Å². The minimum absolute atomic E-state index is 0.247. The number of β-amino-alcohol motifs (C(OH)–C–C–N with tert-alkyl or cyclic N) is 2. The predicted molar refractivity (Wildman–Crippen MR) is 58.9 cm³/mol. The minimum atomic E-state index is -0.696. The summed E-state index contributed by atoms with van der Waals surface area (Å²) in [6.45, 7) is 6.84. The van der Waals surface area contributed by atoms with Crippen molar-refractivity contribution in [1.29, 1.82) is 0 Å². The lowest BCUT2D eigenvalue weighted by Gasteiger charge is -2.20. The summed E-state index contributed by atoms with van der Waals surface area (Å²) in [7, 11) is 0. The highest BCUT2D eigenvalue weighted by atomic mass is 16.6. The minimum Gasteiger partial charge on any atom is -0.460 e. The number of carbonyl (C=O) groups is 1. The van der Waals surface area contributed by atoms with Gasteiger partial charge in [-0.25, -0.2) is 0 Å². The van der Waals surface area contributed by atoms with Gasteiger partial charge in [-0.2, -0.15) is 0 Å². The van der Waals surface area contributed by atoms with Crippen molar-refractivity contribution >= 4 is 5.97 Å². The van der Waals surface area contributed by atoms with E-state index in [1.807, 2.05) is 25.7 Å². The van der Waals surface area contributed by atoms with Crippen LogP contribution in [0.1, 0.15) is 27.2 Å². The van der Waals surface area contributed by atoms with Crippen LogP contribution >= 0.6 is 0 Å². The zero-order chi connectivity index (χ0) is 12.3. The number of hydrogen-bond acceptors (Lipinski definition) is 5. The molecule has 16 heavy (non-hydrogen) atoms. The molecular formula is C11H21NO4. The Morgan fingerprint density at radius 1 is 1.31 bits per heavy atom. The molecule has 1 fully saturated rings. The van der Waals surface area contributed by atoms with Crippen LogP contribution in [-0.2, 0) is 9.53 Å². The second-order valence-electron chi connectivity index (χ2n) is 5.23. The molecule has 94 valence electrons. The van der Waals surface area contributed by atoms with Crippen LogP contribution in [0.5, 0.6) is 0 Å². The van der Waals surface area contributed by atoms with E-state index in [9.17, 15) is 15.0 Å². The van der Waals surface area contributed by atoms with Crippen LogP contribution in [0, 0.1) is 0 Å². The van der Waals surface area contributed by atoms with E-state index in [2.05, 4.69) is 0 Å². The Morgan fingerprint density at radius 3 is 2.25 bits per heavy atom. The van der Waals surface area contributed by atoms with Crippen molar-refractivity contribution in [1.82, 2.24) is 4.90 Å². The summed E-state index contributed by atoms with van der Waals surface area (Å²) in [6.07, 6.45) is -1.10. The SMILES string of the molecule is CC(C)(C)OC(=O)CCN1CC(O)C(O)C1. The summed E-state index contributed by atoms with van der Waals surface area (Å²) in [4.78, 5) is 13.3. The normalized spacial score (nSPS) is 27.1. The highest BCUT2D eigenvalue weighted by molar-refractivity contribution is 5.70. The second kappa shape index (κ2) is 5.12. The number of nitrogens with zero attached hydrogens (tertiary/aromatic N) is 1.